The quantitative estimate of drug-likeness (QED) is 0.863. The van der Waals surface area contributed by atoms with Gasteiger partial charge in [-0.1, -0.05) is 24.3 Å². The predicted octanol–water partition coefficient (Wildman–Crippen LogP) is 2.94. The molecule has 0 aromatic heterocycles. The lowest BCUT2D eigenvalue weighted by Crippen LogP contribution is -2.42. The summed E-state index contributed by atoms with van der Waals surface area (Å²) in [5, 5.41) is 0. The highest BCUT2D eigenvalue weighted by Crippen LogP contribution is 2.28. The molecule has 1 atom stereocenters. The van der Waals surface area contributed by atoms with Crippen molar-refractivity contribution in [2.24, 2.45) is 0 Å². The summed E-state index contributed by atoms with van der Waals surface area (Å²) in [7, 11) is 1.65. The number of carbonyl (C=O) groups is 1. The first-order valence-electron chi connectivity index (χ1n) is 8.49. The average Bonchev–Trinajstić information content (AvgIpc) is 3.16. The Morgan fingerprint density at radius 3 is 2.96 bits per heavy atom. The number of morpholine rings is 1. The number of fused-ring (bicyclic) bond motifs is 1. The fraction of sp³-hybridized carbons (Fsp3) is 0.350. The number of carbonyl (C=O) groups excluding carboxylic acids is 1. The van der Waals surface area contributed by atoms with Crippen molar-refractivity contribution in [3.05, 3.63) is 64.7 Å². The van der Waals surface area contributed by atoms with Crippen LogP contribution in [0.5, 0.6) is 5.75 Å². The van der Waals surface area contributed by atoms with E-state index in [-0.39, 0.29) is 12.0 Å². The van der Waals surface area contributed by atoms with E-state index in [0.29, 0.717) is 32.9 Å². The number of ether oxygens (including phenoxy) is 3. The monoisotopic (exact) mass is 339 g/mol. The van der Waals surface area contributed by atoms with E-state index in [1.807, 2.05) is 47.4 Å². The van der Waals surface area contributed by atoms with Gasteiger partial charge in [-0.05, 0) is 34.9 Å². The van der Waals surface area contributed by atoms with E-state index in [1.54, 1.807) is 7.11 Å². The maximum Gasteiger partial charge on any atom is 0.254 e. The Bertz CT molecular complexity index is 789. The van der Waals surface area contributed by atoms with Crippen LogP contribution in [-0.4, -0.2) is 37.6 Å². The number of amides is 1. The molecule has 0 bridgehead atoms. The zero-order valence-corrected chi connectivity index (χ0v) is 14.2. The molecule has 0 N–H and O–H groups in total. The second kappa shape index (κ2) is 6.86. The van der Waals surface area contributed by atoms with Gasteiger partial charge in [0.2, 0.25) is 0 Å². The number of rotatable bonds is 3. The van der Waals surface area contributed by atoms with Gasteiger partial charge in [-0.3, -0.25) is 4.79 Å². The Kier molecular flexibility index (Phi) is 4.42. The number of hydrogen-bond acceptors (Lipinski definition) is 4. The molecule has 130 valence electrons. The molecule has 1 unspecified atom stereocenters. The van der Waals surface area contributed by atoms with Gasteiger partial charge in [0.15, 0.2) is 0 Å². The van der Waals surface area contributed by atoms with Crippen LogP contribution < -0.4 is 4.74 Å². The predicted molar refractivity (Wildman–Crippen MR) is 92.5 cm³/mol. The lowest BCUT2D eigenvalue weighted by atomic mass is 10.0. The van der Waals surface area contributed by atoms with Crippen molar-refractivity contribution in [2.75, 3.05) is 26.8 Å². The van der Waals surface area contributed by atoms with Crippen molar-refractivity contribution in [3.8, 4) is 5.75 Å². The van der Waals surface area contributed by atoms with Gasteiger partial charge in [0, 0.05) is 12.1 Å². The van der Waals surface area contributed by atoms with Gasteiger partial charge < -0.3 is 19.1 Å². The van der Waals surface area contributed by atoms with Crippen LogP contribution in [0, 0.1) is 0 Å². The van der Waals surface area contributed by atoms with Crippen LogP contribution in [0.4, 0.5) is 0 Å². The molecular weight excluding hydrogens is 318 g/mol. The van der Waals surface area contributed by atoms with Crippen LogP contribution in [0.3, 0.4) is 0 Å². The van der Waals surface area contributed by atoms with Gasteiger partial charge in [-0.2, -0.15) is 0 Å². The minimum Gasteiger partial charge on any atom is -0.497 e. The lowest BCUT2D eigenvalue weighted by Gasteiger charge is -2.33. The first kappa shape index (κ1) is 16.1. The van der Waals surface area contributed by atoms with Crippen LogP contribution in [-0.2, 0) is 22.7 Å². The van der Waals surface area contributed by atoms with Gasteiger partial charge in [0.25, 0.3) is 5.91 Å². The minimum absolute atomic E-state index is 0.0542. The first-order valence-corrected chi connectivity index (χ1v) is 8.49. The third-order valence-electron chi connectivity index (χ3n) is 4.83. The summed E-state index contributed by atoms with van der Waals surface area (Å²) in [5.74, 6) is 0.848. The molecule has 2 aromatic carbocycles. The number of hydrogen-bond donors (Lipinski definition) is 0. The van der Waals surface area contributed by atoms with Crippen molar-refractivity contribution in [2.45, 2.75) is 19.3 Å². The molecule has 0 spiro atoms. The van der Waals surface area contributed by atoms with E-state index in [4.69, 9.17) is 14.2 Å². The zero-order chi connectivity index (χ0) is 17.2. The van der Waals surface area contributed by atoms with Crippen LogP contribution in [0.25, 0.3) is 0 Å². The molecule has 4 rings (SSSR count). The van der Waals surface area contributed by atoms with Crippen molar-refractivity contribution >= 4 is 5.91 Å². The average molecular weight is 339 g/mol. The van der Waals surface area contributed by atoms with Crippen molar-refractivity contribution < 1.29 is 19.0 Å². The highest BCUT2D eigenvalue weighted by atomic mass is 16.5. The molecular formula is C20H21NO4. The fourth-order valence-electron chi connectivity index (χ4n) is 3.45. The molecule has 2 aliphatic heterocycles. The van der Waals surface area contributed by atoms with Gasteiger partial charge in [-0.25, -0.2) is 0 Å². The van der Waals surface area contributed by atoms with Crippen LogP contribution in [0.2, 0.25) is 0 Å². The molecule has 1 amide bonds. The third-order valence-corrected chi connectivity index (χ3v) is 4.83. The minimum atomic E-state index is -0.138. The van der Waals surface area contributed by atoms with E-state index in [0.717, 1.165) is 28.0 Å². The largest absolute Gasteiger partial charge is 0.497 e. The molecule has 2 heterocycles. The molecule has 5 nitrogen and oxygen atoms in total. The molecule has 2 aliphatic rings. The Labute approximate surface area is 147 Å². The van der Waals surface area contributed by atoms with Gasteiger partial charge in [0.1, 0.15) is 11.9 Å². The molecule has 0 aliphatic carbocycles. The van der Waals surface area contributed by atoms with Crippen LogP contribution >= 0.6 is 0 Å². The number of nitrogens with zero attached hydrogens (tertiary/aromatic N) is 1. The zero-order valence-electron chi connectivity index (χ0n) is 14.2. The van der Waals surface area contributed by atoms with Gasteiger partial charge in [-0.15, -0.1) is 0 Å². The van der Waals surface area contributed by atoms with E-state index < -0.39 is 0 Å². The van der Waals surface area contributed by atoms with E-state index in [2.05, 4.69) is 0 Å². The summed E-state index contributed by atoms with van der Waals surface area (Å²) in [4.78, 5) is 14.9. The maximum absolute atomic E-state index is 13.0. The Balaban J connectivity index is 1.55. The Morgan fingerprint density at radius 2 is 2.08 bits per heavy atom. The maximum atomic E-state index is 13.0. The first-order chi connectivity index (χ1) is 12.3. The lowest BCUT2D eigenvalue weighted by molar-refractivity contribution is -0.0229. The molecule has 25 heavy (non-hydrogen) atoms. The Morgan fingerprint density at radius 1 is 1.20 bits per heavy atom. The molecule has 0 radical (unpaired) electrons. The summed E-state index contributed by atoms with van der Waals surface area (Å²) in [6.45, 7) is 2.77. The van der Waals surface area contributed by atoms with E-state index in [9.17, 15) is 4.79 Å². The second-order valence-electron chi connectivity index (χ2n) is 6.32. The standard InChI is InChI=1S/C20H21NO4/c1-23-16-6-2-4-14(10-16)19-11-21(8-9-25-19)20(22)17-7-3-5-15-12-24-13-18(15)17/h2-7,10,19H,8-9,11-13H2,1H3. The summed E-state index contributed by atoms with van der Waals surface area (Å²) >= 11 is 0. The summed E-state index contributed by atoms with van der Waals surface area (Å²) < 4.78 is 16.7. The van der Waals surface area contributed by atoms with Crippen molar-refractivity contribution in [1.82, 2.24) is 4.90 Å². The van der Waals surface area contributed by atoms with Crippen LogP contribution in [0.15, 0.2) is 42.5 Å². The highest BCUT2D eigenvalue weighted by Gasteiger charge is 2.29. The van der Waals surface area contributed by atoms with Gasteiger partial charge >= 0.3 is 0 Å². The topological polar surface area (TPSA) is 48.0 Å². The van der Waals surface area contributed by atoms with E-state index in [1.165, 1.54) is 0 Å². The summed E-state index contributed by atoms with van der Waals surface area (Å²) in [5.41, 5.74) is 3.92. The molecule has 5 heteroatoms. The molecule has 2 aromatic rings. The highest BCUT2D eigenvalue weighted by molar-refractivity contribution is 5.96. The number of benzene rings is 2. The second-order valence-corrected chi connectivity index (χ2v) is 6.32. The number of methoxy groups -OCH3 is 1. The fourth-order valence-corrected chi connectivity index (χ4v) is 3.45. The summed E-state index contributed by atoms with van der Waals surface area (Å²) in [6, 6.07) is 13.7. The third kappa shape index (κ3) is 3.13. The van der Waals surface area contributed by atoms with E-state index >= 15 is 0 Å². The van der Waals surface area contributed by atoms with Crippen molar-refractivity contribution in [1.29, 1.82) is 0 Å². The van der Waals surface area contributed by atoms with Gasteiger partial charge in [0.05, 0.1) is 33.5 Å². The van der Waals surface area contributed by atoms with Crippen molar-refractivity contribution in [3.63, 3.8) is 0 Å². The normalized spacial score (nSPS) is 19.6. The van der Waals surface area contributed by atoms with Crippen LogP contribution in [0.1, 0.15) is 33.2 Å². The molecule has 0 saturated carbocycles. The molecule has 1 saturated heterocycles. The Hall–Kier alpha value is -2.37. The SMILES string of the molecule is COc1cccc(C2CN(C(=O)c3cccc4c3COC4)CCO2)c1. The molecule has 1 fully saturated rings. The summed E-state index contributed by atoms with van der Waals surface area (Å²) in [6.07, 6.45) is -0.138. The smallest absolute Gasteiger partial charge is 0.254 e.